The zero-order valence-electron chi connectivity index (χ0n) is 17.0. The van der Waals surface area contributed by atoms with E-state index in [-0.39, 0.29) is 23.1 Å². The van der Waals surface area contributed by atoms with E-state index in [9.17, 15) is 22.4 Å². The van der Waals surface area contributed by atoms with Crippen LogP contribution in [0.25, 0.3) is 0 Å². The third-order valence-electron chi connectivity index (χ3n) is 5.41. The fraction of sp³-hybridized carbons (Fsp3) is 0.333. The van der Waals surface area contributed by atoms with Crippen molar-refractivity contribution < 1.29 is 27.1 Å². The summed E-state index contributed by atoms with van der Waals surface area (Å²) in [6.07, 6.45) is 0.167. The molecule has 2 heterocycles. The van der Waals surface area contributed by atoms with E-state index in [2.05, 4.69) is 10.6 Å². The number of hydrogen-bond donors (Lipinski definition) is 2. The number of carbonyl (C=O) groups excluding carboxylic acids is 2. The standard InChI is InChI=1S/C21H22FN3O5S/c1-12-10-16-18(30-13(2)20(26)24-16)11-19(12)31(28,29)25-9-3-4-17(25)21(27)23-15-7-5-14(22)6-8-15/h5-8,10-11,13,17H,3-4,9H2,1-2H3,(H,23,27)(H,24,26). The molecule has 0 radical (unpaired) electrons. The predicted octanol–water partition coefficient (Wildman–Crippen LogP) is 2.65. The third kappa shape index (κ3) is 4.00. The first-order valence-corrected chi connectivity index (χ1v) is 11.3. The van der Waals surface area contributed by atoms with E-state index in [1.807, 2.05) is 0 Å². The molecule has 2 atom stereocenters. The number of ether oxygens (including phenoxy) is 1. The van der Waals surface area contributed by atoms with E-state index < -0.39 is 33.9 Å². The molecule has 4 rings (SSSR count). The molecule has 0 saturated carbocycles. The molecule has 10 heteroatoms. The van der Waals surface area contributed by atoms with Crippen LogP contribution in [0.1, 0.15) is 25.3 Å². The van der Waals surface area contributed by atoms with E-state index in [0.29, 0.717) is 29.8 Å². The van der Waals surface area contributed by atoms with Gasteiger partial charge in [0.15, 0.2) is 6.10 Å². The van der Waals surface area contributed by atoms with Gasteiger partial charge in [0.2, 0.25) is 15.9 Å². The van der Waals surface area contributed by atoms with E-state index in [1.54, 1.807) is 19.9 Å². The highest BCUT2D eigenvalue weighted by Gasteiger charge is 2.40. The van der Waals surface area contributed by atoms with Crippen LogP contribution in [0, 0.1) is 12.7 Å². The van der Waals surface area contributed by atoms with Crippen LogP contribution in [0.2, 0.25) is 0 Å². The minimum absolute atomic E-state index is 0.0241. The van der Waals surface area contributed by atoms with Gasteiger partial charge in [0.05, 0.1) is 10.6 Å². The smallest absolute Gasteiger partial charge is 0.265 e. The molecular formula is C21H22FN3O5S. The normalized spacial score (nSPS) is 21.2. The molecule has 2 N–H and O–H groups in total. The number of benzene rings is 2. The Hall–Kier alpha value is -2.98. The van der Waals surface area contributed by atoms with E-state index in [1.165, 1.54) is 34.6 Å². The Labute approximate surface area is 179 Å². The molecule has 1 saturated heterocycles. The SMILES string of the molecule is Cc1cc2c(cc1S(=O)(=O)N1CCCC1C(=O)Nc1ccc(F)cc1)OC(C)C(=O)N2. The first-order chi connectivity index (χ1) is 14.7. The number of carbonyl (C=O) groups is 2. The maximum atomic E-state index is 13.5. The van der Waals surface area contributed by atoms with Crippen molar-refractivity contribution in [3.63, 3.8) is 0 Å². The predicted molar refractivity (Wildman–Crippen MR) is 112 cm³/mol. The number of nitrogens with zero attached hydrogens (tertiary/aromatic N) is 1. The lowest BCUT2D eigenvalue weighted by Gasteiger charge is -2.27. The Morgan fingerprint density at radius 1 is 1.26 bits per heavy atom. The van der Waals surface area contributed by atoms with Crippen molar-refractivity contribution in [2.75, 3.05) is 17.2 Å². The lowest BCUT2D eigenvalue weighted by atomic mass is 10.1. The summed E-state index contributed by atoms with van der Waals surface area (Å²) >= 11 is 0. The van der Waals surface area contributed by atoms with Crippen molar-refractivity contribution in [3.8, 4) is 5.75 Å². The summed E-state index contributed by atoms with van der Waals surface area (Å²) in [5.41, 5.74) is 1.23. The van der Waals surface area contributed by atoms with Gasteiger partial charge in [0.1, 0.15) is 17.6 Å². The molecule has 2 aliphatic heterocycles. The molecule has 0 aliphatic carbocycles. The van der Waals surface area contributed by atoms with Gasteiger partial charge in [-0.25, -0.2) is 12.8 Å². The minimum atomic E-state index is -4.01. The molecule has 0 spiro atoms. The number of hydrogen-bond acceptors (Lipinski definition) is 5. The number of aryl methyl sites for hydroxylation is 1. The molecule has 164 valence electrons. The van der Waals surface area contributed by atoms with Gasteiger partial charge in [-0.1, -0.05) is 0 Å². The van der Waals surface area contributed by atoms with Crippen molar-refractivity contribution in [2.24, 2.45) is 0 Å². The van der Waals surface area contributed by atoms with Crippen molar-refractivity contribution in [1.29, 1.82) is 0 Å². The van der Waals surface area contributed by atoms with Gasteiger partial charge in [-0.2, -0.15) is 4.31 Å². The highest BCUT2D eigenvalue weighted by atomic mass is 32.2. The summed E-state index contributed by atoms with van der Waals surface area (Å²) in [4.78, 5) is 24.6. The lowest BCUT2D eigenvalue weighted by molar-refractivity contribution is -0.122. The van der Waals surface area contributed by atoms with Crippen molar-refractivity contribution >= 4 is 33.2 Å². The zero-order valence-corrected chi connectivity index (χ0v) is 17.8. The molecule has 2 aliphatic rings. The molecule has 2 aromatic carbocycles. The van der Waals surface area contributed by atoms with Crippen LogP contribution >= 0.6 is 0 Å². The summed E-state index contributed by atoms with van der Waals surface area (Å²) in [6, 6.07) is 7.33. The number of anilines is 2. The average molecular weight is 447 g/mol. The highest BCUT2D eigenvalue weighted by Crippen LogP contribution is 2.37. The third-order valence-corrected chi connectivity index (χ3v) is 7.46. The molecule has 2 amide bonds. The molecule has 0 bridgehead atoms. The number of amides is 2. The maximum Gasteiger partial charge on any atom is 0.265 e. The van der Waals surface area contributed by atoms with Crippen LogP contribution in [0.15, 0.2) is 41.3 Å². The Morgan fingerprint density at radius 3 is 2.68 bits per heavy atom. The van der Waals surface area contributed by atoms with Crippen LogP contribution in [0.3, 0.4) is 0 Å². The van der Waals surface area contributed by atoms with Crippen LogP contribution in [0.4, 0.5) is 15.8 Å². The number of sulfonamides is 1. The van der Waals surface area contributed by atoms with E-state index >= 15 is 0 Å². The van der Waals surface area contributed by atoms with Gasteiger partial charge in [-0.15, -0.1) is 0 Å². The van der Waals surface area contributed by atoms with Crippen molar-refractivity contribution in [1.82, 2.24) is 4.31 Å². The Bertz CT molecular complexity index is 1150. The number of rotatable bonds is 4. The molecule has 2 aromatic rings. The maximum absolute atomic E-state index is 13.5. The van der Waals surface area contributed by atoms with E-state index in [4.69, 9.17) is 4.74 Å². The molecule has 0 aromatic heterocycles. The number of fused-ring (bicyclic) bond motifs is 1. The first kappa shape index (κ1) is 21.3. The van der Waals surface area contributed by atoms with Crippen molar-refractivity contribution in [3.05, 3.63) is 47.8 Å². The van der Waals surface area contributed by atoms with E-state index in [0.717, 1.165) is 0 Å². The Balaban J connectivity index is 1.62. The largest absolute Gasteiger partial charge is 0.479 e. The van der Waals surface area contributed by atoms with Crippen LogP contribution < -0.4 is 15.4 Å². The van der Waals surface area contributed by atoms with Gasteiger partial charge in [0, 0.05) is 18.3 Å². The first-order valence-electron chi connectivity index (χ1n) is 9.87. The van der Waals surface area contributed by atoms with Crippen LogP contribution in [0.5, 0.6) is 5.75 Å². The number of halogens is 1. The average Bonchev–Trinajstić information content (AvgIpc) is 3.21. The van der Waals surface area contributed by atoms with Gasteiger partial charge >= 0.3 is 0 Å². The van der Waals surface area contributed by atoms with Crippen LogP contribution in [-0.4, -0.2) is 43.2 Å². The summed E-state index contributed by atoms with van der Waals surface area (Å²) in [7, 11) is -4.01. The van der Waals surface area contributed by atoms with Crippen molar-refractivity contribution in [2.45, 2.75) is 43.7 Å². The quantitative estimate of drug-likeness (QED) is 0.750. The van der Waals surface area contributed by atoms with Crippen LogP contribution in [-0.2, 0) is 19.6 Å². The second kappa shape index (κ2) is 7.93. The van der Waals surface area contributed by atoms with Gasteiger partial charge in [-0.05, 0) is 62.6 Å². The zero-order chi connectivity index (χ0) is 22.3. The number of nitrogens with one attached hydrogen (secondary N) is 2. The van der Waals surface area contributed by atoms with Gasteiger partial charge < -0.3 is 15.4 Å². The summed E-state index contributed by atoms with van der Waals surface area (Å²) < 4.78 is 46.7. The molecule has 8 nitrogen and oxygen atoms in total. The Kier molecular flexibility index (Phi) is 5.44. The summed E-state index contributed by atoms with van der Waals surface area (Å²) in [5, 5.41) is 5.35. The molecule has 1 fully saturated rings. The molecule has 31 heavy (non-hydrogen) atoms. The fourth-order valence-corrected chi connectivity index (χ4v) is 5.68. The lowest BCUT2D eigenvalue weighted by Crippen LogP contribution is -2.43. The van der Waals surface area contributed by atoms with Gasteiger partial charge in [-0.3, -0.25) is 9.59 Å². The fourth-order valence-electron chi connectivity index (χ4n) is 3.80. The molecule has 2 unspecified atom stereocenters. The summed E-state index contributed by atoms with van der Waals surface area (Å²) in [6.45, 7) is 3.40. The van der Waals surface area contributed by atoms with Gasteiger partial charge in [0.25, 0.3) is 5.91 Å². The second-order valence-corrected chi connectivity index (χ2v) is 9.49. The highest BCUT2D eigenvalue weighted by molar-refractivity contribution is 7.89. The topological polar surface area (TPSA) is 105 Å². The monoisotopic (exact) mass is 447 g/mol. The Morgan fingerprint density at radius 2 is 1.97 bits per heavy atom. The molecular weight excluding hydrogens is 425 g/mol. The summed E-state index contributed by atoms with van der Waals surface area (Å²) in [5.74, 6) is -0.943. The second-order valence-electron chi connectivity index (χ2n) is 7.63. The minimum Gasteiger partial charge on any atom is -0.479 e.